The summed E-state index contributed by atoms with van der Waals surface area (Å²) in [6.07, 6.45) is -3.15. The maximum atomic E-state index is 12.8. The molecular formula is C13H13F3N2OS. The van der Waals surface area contributed by atoms with Gasteiger partial charge in [0.1, 0.15) is 16.4 Å². The van der Waals surface area contributed by atoms with Crippen molar-refractivity contribution in [2.24, 2.45) is 0 Å². The van der Waals surface area contributed by atoms with Crippen LogP contribution in [0.4, 0.5) is 13.2 Å². The van der Waals surface area contributed by atoms with E-state index in [0.29, 0.717) is 16.4 Å². The van der Waals surface area contributed by atoms with Gasteiger partial charge in [0, 0.05) is 12.6 Å². The van der Waals surface area contributed by atoms with Crippen molar-refractivity contribution in [2.45, 2.75) is 31.5 Å². The number of halogens is 3. The van der Waals surface area contributed by atoms with Crippen LogP contribution in [0.15, 0.2) is 23.4 Å². The molecule has 108 valence electrons. The highest BCUT2D eigenvalue weighted by Gasteiger charge is 2.31. The molecule has 0 atom stereocenters. The van der Waals surface area contributed by atoms with Gasteiger partial charge in [0.2, 0.25) is 0 Å². The van der Waals surface area contributed by atoms with Crippen LogP contribution in [0.3, 0.4) is 0 Å². The molecule has 2 heterocycles. The summed E-state index contributed by atoms with van der Waals surface area (Å²) >= 11 is 1.31. The molecule has 0 radical (unpaired) electrons. The van der Waals surface area contributed by atoms with Gasteiger partial charge in [0.25, 0.3) is 0 Å². The van der Waals surface area contributed by atoms with Crippen molar-refractivity contribution >= 4 is 23.2 Å². The highest BCUT2D eigenvalue weighted by Crippen LogP contribution is 2.32. The second-order valence-corrected chi connectivity index (χ2v) is 5.37. The monoisotopic (exact) mass is 302 g/mol. The molecule has 20 heavy (non-hydrogen) atoms. The summed E-state index contributed by atoms with van der Waals surface area (Å²) < 4.78 is 39.6. The minimum absolute atomic E-state index is 0.168. The van der Waals surface area contributed by atoms with E-state index in [4.69, 9.17) is 0 Å². The van der Waals surface area contributed by atoms with E-state index in [9.17, 15) is 18.0 Å². The fourth-order valence-corrected chi connectivity index (χ4v) is 2.67. The lowest BCUT2D eigenvalue weighted by molar-refractivity contribution is -0.137. The van der Waals surface area contributed by atoms with E-state index in [1.165, 1.54) is 22.2 Å². The highest BCUT2D eigenvalue weighted by atomic mass is 32.2. The highest BCUT2D eigenvalue weighted by molar-refractivity contribution is 7.99. The number of carbonyl (C=O) groups excluding carboxylic acids is 1. The first-order valence-electron chi connectivity index (χ1n) is 6.13. The first kappa shape index (κ1) is 14.9. The van der Waals surface area contributed by atoms with Gasteiger partial charge in [-0.2, -0.15) is 13.2 Å². The Hall–Kier alpha value is -1.50. The third-order valence-corrected chi connectivity index (χ3v) is 3.72. The summed E-state index contributed by atoms with van der Waals surface area (Å²) in [5, 5.41) is 0.473. The molecule has 2 aromatic heterocycles. The van der Waals surface area contributed by atoms with Crippen molar-refractivity contribution in [1.29, 1.82) is 0 Å². The van der Waals surface area contributed by atoms with Crippen LogP contribution in [-0.2, 0) is 6.18 Å². The quantitative estimate of drug-likeness (QED) is 0.631. The largest absolute Gasteiger partial charge is 0.417 e. The van der Waals surface area contributed by atoms with Crippen molar-refractivity contribution in [2.75, 3.05) is 5.75 Å². The first-order chi connectivity index (χ1) is 9.38. The molecule has 7 heteroatoms. The number of hydrogen-bond donors (Lipinski definition) is 0. The van der Waals surface area contributed by atoms with Crippen molar-refractivity contribution < 1.29 is 18.0 Å². The summed E-state index contributed by atoms with van der Waals surface area (Å²) in [5.74, 6) is 0.479. The fraction of sp³-hybridized carbons (Fsp3) is 0.385. The smallest absolute Gasteiger partial charge is 0.293 e. The van der Waals surface area contributed by atoms with Crippen LogP contribution in [0.1, 0.15) is 36.3 Å². The number of imidazole rings is 1. The van der Waals surface area contributed by atoms with Gasteiger partial charge in [0.05, 0.1) is 5.56 Å². The van der Waals surface area contributed by atoms with E-state index in [2.05, 4.69) is 4.98 Å². The van der Waals surface area contributed by atoms with Gasteiger partial charge in [-0.1, -0.05) is 13.8 Å². The van der Waals surface area contributed by atoms with E-state index in [1.807, 2.05) is 6.92 Å². The summed E-state index contributed by atoms with van der Waals surface area (Å²) in [4.78, 5) is 16.0. The van der Waals surface area contributed by atoms with Crippen LogP contribution in [0.2, 0.25) is 0 Å². The molecule has 0 saturated heterocycles. The number of thioether (sulfide) groups is 1. The Bertz CT molecular complexity index is 649. The number of ketones is 1. The third-order valence-electron chi connectivity index (χ3n) is 2.77. The van der Waals surface area contributed by atoms with E-state index in [-0.39, 0.29) is 17.9 Å². The lowest BCUT2D eigenvalue weighted by Gasteiger charge is -2.08. The zero-order valence-corrected chi connectivity index (χ0v) is 11.8. The van der Waals surface area contributed by atoms with Gasteiger partial charge in [-0.05, 0) is 17.9 Å². The molecule has 0 aromatic carbocycles. The number of aromatic nitrogens is 2. The normalized spacial score (nSPS) is 12.1. The lowest BCUT2D eigenvalue weighted by atomic mass is 10.2. The fourth-order valence-electron chi connectivity index (χ4n) is 1.81. The average Bonchev–Trinajstić information content (AvgIpc) is 2.75. The van der Waals surface area contributed by atoms with Gasteiger partial charge >= 0.3 is 6.18 Å². The van der Waals surface area contributed by atoms with Crippen LogP contribution in [0, 0.1) is 0 Å². The van der Waals surface area contributed by atoms with Gasteiger partial charge in [-0.25, -0.2) is 4.98 Å². The predicted molar refractivity (Wildman–Crippen MR) is 71.2 cm³/mol. The van der Waals surface area contributed by atoms with E-state index in [0.717, 1.165) is 12.3 Å². The number of rotatable bonds is 4. The van der Waals surface area contributed by atoms with Crippen LogP contribution in [0.25, 0.3) is 5.65 Å². The molecule has 3 nitrogen and oxygen atoms in total. The first-order valence-corrected chi connectivity index (χ1v) is 7.12. The summed E-state index contributed by atoms with van der Waals surface area (Å²) in [6.45, 7) is 3.58. The minimum atomic E-state index is -4.42. The van der Waals surface area contributed by atoms with Crippen molar-refractivity contribution in [1.82, 2.24) is 9.38 Å². The lowest BCUT2D eigenvalue weighted by Crippen LogP contribution is -2.06. The number of carbonyl (C=O) groups is 1. The SMILES string of the molecule is CCSc1c(C(=O)CC)nc2ccc(C(F)(F)F)cn12. The molecule has 0 aliphatic heterocycles. The summed E-state index contributed by atoms with van der Waals surface area (Å²) in [7, 11) is 0. The average molecular weight is 302 g/mol. The summed E-state index contributed by atoms with van der Waals surface area (Å²) in [5.41, 5.74) is -0.153. The minimum Gasteiger partial charge on any atom is -0.293 e. The maximum Gasteiger partial charge on any atom is 0.417 e. The molecule has 0 saturated carbocycles. The summed E-state index contributed by atoms with van der Waals surface area (Å²) in [6, 6.07) is 2.26. The van der Waals surface area contributed by atoms with Crippen LogP contribution >= 0.6 is 11.8 Å². The molecular weight excluding hydrogens is 289 g/mol. The molecule has 0 fully saturated rings. The van der Waals surface area contributed by atoms with Crippen molar-refractivity contribution in [3.63, 3.8) is 0 Å². The Labute approximate surface area is 118 Å². The molecule has 0 bridgehead atoms. The second kappa shape index (κ2) is 5.47. The number of hydrogen-bond acceptors (Lipinski definition) is 3. The standard InChI is InChI=1S/C13H13F3N2OS/c1-3-9(19)11-12(20-4-2)18-7-8(13(14,15)16)5-6-10(18)17-11/h5-7H,3-4H2,1-2H3. The molecule has 0 aliphatic rings. The second-order valence-electron chi connectivity index (χ2n) is 4.12. The molecule has 0 N–H and O–H groups in total. The Balaban J connectivity index is 2.67. The molecule has 0 spiro atoms. The van der Waals surface area contributed by atoms with Crippen molar-refractivity contribution in [3.8, 4) is 0 Å². The van der Waals surface area contributed by atoms with Crippen molar-refractivity contribution in [3.05, 3.63) is 29.6 Å². The number of nitrogens with zero attached hydrogens (tertiary/aromatic N) is 2. The molecule has 0 unspecified atom stereocenters. The predicted octanol–water partition coefficient (Wildman–Crippen LogP) is 4.06. The number of alkyl halides is 3. The molecule has 2 aromatic rings. The van der Waals surface area contributed by atoms with Gasteiger partial charge in [-0.15, -0.1) is 11.8 Å². The zero-order chi connectivity index (χ0) is 14.9. The van der Waals surface area contributed by atoms with E-state index >= 15 is 0 Å². The Kier molecular flexibility index (Phi) is 4.08. The number of pyridine rings is 1. The molecule has 0 aliphatic carbocycles. The topological polar surface area (TPSA) is 34.4 Å². The zero-order valence-electron chi connectivity index (χ0n) is 11.0. The Morgan fingerprint density at radius 1 is 1.35 bits per heavy atom. The van der Waals surface area contributed by atoms with Gasteiger partial charge < -0.3 is 0 Å². The Morgan fingerprint density at radius 3 is 2.60 bits per heavy atom. The van der Waals surface area contributed by atoms with E-state index in [1.54, 1.807) is 6.92 Å². The van der Waals surface area contributed by atoms with Crippen LogP contribution in [0.5, 0.6) is 0 Å². The van der Waals surface area contributed by atoms with E-state index < -0.39 is 11.7 Å². The van der Waals surface area contributed by atoms with Crippen LogP contribution < -0.4 is 0 Å². The Morgan fingerprint density at radius 2 is 2.05 bits per heavy atom. The molecule has 0 amide bonds. The third kappa shape index (κ3) is 2.67. The maximum absolute atomic E-state index is 12.8. The van der Waals surface area contributed by atoms with Gasteiger partial charge in [-0.3, -0.25) is 9.20 Å². The van der Waals surface area contributed by atoms with Gasteiger partial charge in [0.15, 0.2) is 5.78 Å². The number of fused-ring (bicyclic) bond motifs is 1. The van der Waals surface area contributed by atoms with Crippen LogP contribution in [-0.4, -0.2) is 20.9 Å². The number of Topliss-reactive ketones (excluding diaryl/α,β-unsaturated/α-hetero) is 1. The molecule has 2 rings (SSSR count).